The monoisotopic (exact) mass is 206 g/mol. The Bertz CT molecular complexity index is 466. The zero-order valence-electron chi connectivity index (χ0n) is 9.21. The third kappa shape index (κ3) is 2.43. The molecule has 1 aromatic carbocycles. The maximum Gasteiger partial charge on any atom is 0.149 e. The van der Waals surface area contributed by atoms with E-state index >= 15 is 0 Å². The molecule has 2 aromatic rings. The molecule has 0 radical (unpaired) electrons. The second-order valence-corrected chi connectivity index (χ2v) is 3.05. The highest BCUT2D eigenvalue weighted by Gasteiger charge is 2.02. The van der Waals surface area contributed by atoms with Gasteiger partial charge in [-0.1, -0.05) is 13.8 Å². The average Bonchev–Trinajstić information content (AvgIpc) is 2.22. The van der Waals surface area contributed by atoms with Crippen LogP contribution in [0.1, 0.15) is 19.4 Å². The Kier molecular flexibility index (Phi) is 3.61. The lowest BCUT2D eigenvalue weighted by Gasteiger charge is -2.01. The first-order valence-corrected chi connectivity index (χ1v) is 4.99. The van der Waals surface area contributed by atoms with Crippen LogP contribution in [-0.4, -0.2) is 4.98 Å². The summed E-state index contributed by atoms with van der Waals surface area (Å²) >= 11 is 0. The van der Waals surface area contributed by atoms with Crippen LogP contribution in [0.4, 0.5) is 10.2 Å². The summed E-state index contributed by atoms with van der Waals surface area (Å²) in [6.45, 7) is 5.85. The first kappa shape index (κ1) is 11.4. The van der Waals surface area contributed by atoms with Crippen LogP contribution in [0, 0.1) is 12.7 Å². The predicted molar refractivity (Wildman–Crippen MR) is 62.2 cm³/mol. The van der Waals surface area contributed by atoms with Crippen LogP contribution in [0.2, 0.25) is 0 Å². The summed E-state index contributed by atoms with van der Waals surface area (Å²) in [6, 6.07) is 6.77. The topological polar surface area (TPSA) is 38.9 Å². The van der Waals surface area contributed by atoms with Crippen LogP contribution in [-0.2, 0) is 0 Å². The van der Waals surface area contributed by atoms with Crippen molar-refractivity contribution in [2.75, 3.05) is 5.73 Å². The van der Waals surface area contributed by atoms with Crippen molar-refractivity contribution in [3.05, 3.63) is 35.6 Å². The van der Waals surface area contributed by atoms with E-state index in [2.05, 4.69) is 4.98 Å². The van der Waals surface area contributed by atoms with E-state index in [1.165, 1.54) is 6.07 Å². The molecule has 0 fully saturated rings. The predicted octanol–water partition coefficient (Wildman–Crippen LogP) is 3.29. The molecule has 0 saturated heterocycles. The molecule has 0 bridgehead atoms. The molecular formula is C12H15FN2. The fourth-order valence-electron chi connectivity index (χ4n) is 1.35. The van der Waals surface area contributed by atoms with Gasteiger partial charge in [0.25, 0.3) is 0 Å². The van der Waals surface area contributed by atoms with Crippen LogP contribution < -0.4 is 5.73 Å². The maximum atomic E-state index is 13.3. The quantitative estimate of drug-likeness (QED) is 0.718. The standard InChI is InChI=1S/C10H9FN2.C2H6/c1-6-4-7-2-3-9(12)13-10(7)8(11)5-6;1-2/h2-5H,1H3,(H2,12,13);1-2H3. The molecule has 0 spiro atoms. The molecule has 15 heavy (non-hydrogen) atoms. The Morgan fingerprint density at radius 2 is 1.87 bits per heavy atom. The number of rotatable bonds is 0. The van der Waals surface area contributed by atoms with E-state index in [4.69, 9.17) is 5.73 Å². The lowest BCUT2D eigenvalue weighted by atomic mass is 10.1. The molecule has 3 heteroatoms. The second-order valence-electron chi connectivity index (χ2n) is 3.05. The smallest absolute Gasteiger partial charge is 0.149 e. The van der Waals surface area contributed by atoms with Gasteiger partial charge in [0.05, 0.1) is 0 Å². The number of aryl methyl sites for hydroxylation is 1. The van der Waals surface area contributed by atoms with Gasteiger partial charge < -0.3 is 5.73 Å². The van der Waals surface area contributed by atoms with E-state index < -0.39 is 0 Å². The number of nitrogens with two attached hydrogens (primary N) is 1. The van der Waals surface area contributed by atoms with Gasteiger partial charge in [0, 0.05) is 5.39 Å². The van der Waals surface area contributed by atoms with Crippen molar-refractivity contribution in [3.63, 3.8) is 0 Å². The Hall–Kier alpha value is -1.64. The van der Waals surface area contributed by atoms with Gasteiger partial charge in [-0.25, -0.2) is 9.37 Å². The third-order valence-electron chi connectivity index (χ3n) is 1.91. The number of nitrogens with zero attached hydrogens (tertiary/aromatic N) is 1. The SMILES string of the molecule is CC.Cc1cc(F)c2nc(N)ccc2c1. The number of anilines is 1. The zero-order valence-corrected chi connectivity index (χ0v) is 9.21. The Balaban J connectivity index is 0.000000531. The van der Waals surface area contributed by atoms with Crippen molar-refractivity contribution in [1.29, 1.82) is 0 Å². The lowest BCUT2D eigenvalue weighted by molar-refractivity contribution is 0.636. The second kappa shape index (κ2) is 4.73. The summed E-state index contributed by atoms with van der Waals surface area (Å²) in [4.78, 5) is 3.92. The number of hydrogen-bond acceptors (Lipinski definition) is 2. The van der Waals surface area contributed by atoms with Gasteiger partial charge in [-0.3, -0.25) is 0 Å². The van der Waals surface area contributed by atoms with E-state index in [1.807, 2.05) is 26.8 Å². The van der Waals surface area contributed by atoms with Gasteiger partial charge in [-0.15, -0.1) is 0 Å². The van der Waals surface area contributed by atoms with E-state index in [1.54, 1.807) is 12.1 Å². The summed E-state index contributed by atoms with van der Waals surface area (Å²) in [5.41, 5.74) is 6.68. The van der Waals surface area contributed by atoms with Gasteiger partial charge in [0.2, 0.25) is 0 Å². The highest BCUT2D eigenvalue weighted by molar-refractivity contribution is 5.81. The minimum atomic E-state index is -0.317. The summed E-state index contributed by atoms with van der Waals surface area (Å²) in [6.07, 6.45) is 0. The van der Waals surface area contributed by atoms with Gasteiger partial charge in [-0.2, -0.15) is 0 Å². The number of benzene rings is 1. The molecule has 80 valence electrons. The first-order valence-electron chi connectivity index (χ1n) is 4.99. The fraction of sp³-hybridized carbons (Fsp3) is 0.250. The highest BCUT2D eigenvalue weighted by Crippen LogP contribution is 2.18. The summed E-state index contributed by atoms with van der Waals surface area (Å²) in [5, 5.41) is 0.784. The Labute approximate surface area is 88.9 Å². The molecule has 0 aliphatic rings. The third-order valence-corrected chi connectivity index (χ3v) is 1.91. The van der Waals surface area contributed by atoms with Crippen molar-refractivity contribution in [3.8, 4) is 0 Å². The van der Waals surface area contributed by atoms with Crippen molar-refractivity contribution in [2.24, 2.45) is 0 Å². The molecule has 0 unspecified atom stereocenters. The highest BCUT2D eigenvalue weighted by atomic mass is 19.1. The van der Waals surface area contributed by atoms with Crippen molar-refractivity contribution in [1.82, 2.24) is 4.98 Å². The van der Waals surface area contributed by atoms with E-state index in [0.717, 1.165) is 10.9 Å². The van der Waals surface area contributed by atoms with Crippen LogP contribution >= 0.6 is 0 Å². The van der Waals surface area contributed by atoms with Gasteiger partial charge in [0.1, 0.15) is 17.2 Å². The number of hydrogen-bond donors (Lipinski definition) is 1. The van der Waals surface area contributed by atoms with Gasteiger partial charge in [-0.05, 0) is 36.8 Å². The average molecular weight is 206 g/mol. The molecule has 0 aliphatic heterocycles. The Morgan fingerprint density at radius 1 is 1.20 bits per heavy atom. The van der Waals surface area contributed by atoms with E-state index in [9.17, 15) is 4.39 Å². The normalized spacial score (nSPS) is 9.60. The minimum absolute atomic E-state index is 0.317. The van der Waals surface area contributed by atoms with Crippen LogP contribution in [0.25, 0.3) is 10.9 Å². The largest absolute Gasteiger partial charge is 0.384 e. The van der Waals surface area contributed by atoms with Crippen molar-refractivity contribution in [2.45, 2.75) is 20.8 Å². The molecule has 2 N–H and O–H groups in total. The summed E-state index contributed by atoms with van der Waals surface area (Å²) in [7, 11) is 0. The number of fused-ring (bicyclic) bond motifs is 1. The molecule has 2 nitrogen and oxygen atoms in total. The van der Waals surface area contributed by atoms with Gasteiger partial charge in [0.15, 0.2) is 0 Å². The van der Waals surface area contributed by atoms with Crippen LogP contribution in [0.5, 0.6) is 0 Å². The molecule has 0 atom stereocenters. The van der Waals surface area contributed by atoms with Crippen molar-refractivity contribution < 1.29 is 4.39 Å². The molecule has 2 rings (SSSR count). The first-order chi connectivity index (χ1) is 7.16. The molecule has 1 heterocycles. The molecule has 0 saturated carbocycles. The molecule has 0 aliphatic carbocycles. The minimum Gasteiger partial charge on any atom is -0.384 e. The lowest BCUT2D eigenvalue weighted by Crippen LogP contribution is -1.92. The Morgan fingerprint density at radius 3 is 2.53 bits per heavy atom. The fourth-order valence-corrected chi connectivity index (χ4v) is 1.35. The number of nitrogen functional groups attached to an aromatic ring is 1. The number of halogens is 1. The number of pyridine rings is 1. The molecule has 1 aromatic heterocycles. The van der Waals surface area contributed by atoms with Gasteiger partial charge >= 0.3 is 0 Å². The summed E-state index contributed by atoms with van der Waals surface area (Å²) < 4.78 is 13.3. The van der Waals surface area contributed by atoms with Crippen LogP contribution in [0.15, 0.2) is 24.3 Å². The molecular weight excluding hydrogens is 191 g/mol. The van der Waals surface area contributed by atoms with E-state index in [-0.39, 0.29) is 5.82 Å². The number of aromatic nitrogens is 1. The zero-order chi connectivity index (χ0) is 11.4. The maximum absolute atomic E-state index is 13.3. The summed E-state index contributed by atoms with van der Waals surface area (Å²) in [5.74, 6) is 0.0255. The molecule has 0 amide bonds. The van der Waals surface area contributed by atoms with E-state index in [0.29, 0.717) is 11.3 Å². The van der Waals surface area contributed by atoms with Crippen molar-refractivity contribution >= 4 is 16.7 Å². The van der Waals surface area contributed by atoms with Crippen LogP contribution in [0.3, 0.4) is 0 Å².